The molecule has 0 spiro atoms. The van der Waals surface area contributed by atoms with Crippen LogP contribution >= 0.6 is 0 Å². The molecule has 0 radical (unpaired) electrons. The summed E-state index contributed by atoms with van der Waals surface area (Å²) in [6.07, 6.45) is 0. The molecule has 1 atom stereocenters. The lowest BCUT2D eigenvalue weighted by atomic mass is 10.2. The summed E-state index contributed by atoms with van der Waals surface area (Å²) in [5.74, 6) is -1.49. The van der Waals surface area contributed by atoms with Gasteiger partial charge >= 0.3 is 12.0 Å². The summed E-state index contributed by atoms with van der Waals surface area (Å²) in [6, 6.07) is -0.288. The Labute approximate surface area is 114 Å². The normalized spacial score (nSPS) is 12.3. The lowest BCUT2D eigenvalue weighted by Crippen LogP contribution is -2.42. The molecule has 0 aliphatic heterocycles. The quantitative estimate of drug-likeness (QED) is 0.576. The Morgan fingerprint density at radius 1 is 1.26 bits per heavy atom. The molecule has 2 N–H and O–H groups in total. The van der Waals surface area contributed by atoms with E-state index in [1.165, 1.54) is 4.90 Å². The second-order valence-electron chi connectivity index (χ2n) is 4.77. The summed E-state index contributed by atoms with van der Waals surface area (Å²) in [5.41, 5.74) is 0. The molecule has 7 heteroatoms. The maximum absolute atomic E-state index is 11.6. The van der Waals surface area contributed by atoms with Gasteiger partial charge in [0.05, 0.1) is 19.1 Å². The fourth-order valence-electron chi connectivity index (χ4n) is 1.29. The minimum absolute atomic E-state index is 0.183. The number of nitrogens with zero attached hydrogens (tertiary/aromatic N) is 2. The van der Waals surface area contributed by atoms with Crippen molar-refractivity contribution in [3.63, 3.8) is 0 Å². The first-order valence-corrected chi connectivity index (χ1v) is 6.28. The van der Waals surface area contributed by atoms with Crippen LogP contribution in [0.4, 0.5) is 4.79 Å². The number of ether oxygens (including phenoxy) is 1. The molecule has 2 amide bonds. The van der Waals surface area contributed by atoms with E-state index < -0.39 is 11.9 Å². The Balaban J connectivity index is 3.65. The van der Waals surface area contributed by atoms with Gasteiger partial charge in [-0.3, -0.25) is 4.79 Å². The van der Waals surface area contributed by atoms with Gasteiger partial charge in [0.25, 0.3) is 0 Å². The van der Waals surface area contributed by atoms with Gasteiger partial charge in [-0.1, -0.05) is 6.92 Å². The molecule has 19 heavy (non-hydrogen) atoms. The molecule has 0 fully saturated rings. The molecular formula is C12H25N3O4. The molecule has 0 aliphatic rings. The Bertz CT molecular complexity index is 284. The molecule has 0 saturated heterocycles. The number of hydrogen-bond acceptors (Lipinski definition) is 4. The molecule has 0 aromatic carbocycles. The Kier molecular flexibility index (Phi) is 8.90. The van der Waals surface area contributed by atoms with Crippen LogP contribution in [0.3, 0.4) is 0 Å². The molecule has 0 bridgehead atoms. The van der Waals surface area contributed by atoms with Crippen LogP contribution in [0, 0.1) is 5.92 Å². The number of rotatable bonds is 9. The smallest absolute Gasteiger partial charge is 0.317 e. The number of carboxylic acid groups (broad SMARTS) is 1. The van der Waals surface area contributed by atoms with E-state index in [2.05, 4.69) is 5.32 Å². The zero-order chi connectivity index (χ0) is 14.8. The number of nitrogens with one attached hydrogen (secondary N) is 1. The average molecular weight is 275 g/mol. The Morgan fingerprint density at radius 3 is 2.42 bits per heavy atom. The number of carbonyl (C=O) groups is 2. The molecule has 0 aliphatic carbocycles. The van der Waals surface area contributed by atoms with Crippen molar-refractivity contribution >= 4 is 12.0 Å². The predicted molar refractivity (Wildman–Crippen MR) is 72.2 cm³/mol. The fraction of sp³-hybridized carbons (Fsp3) is 0.833. The van der Waals surface area contributed by atoms with Crippen molar-refractivity contribution in [2.45, 2.75) is 6.92 Å². The van der Waals surface area contributed by atoms with Gasteiger partial charge in [0.1, 0.15) is 0 Å². The SMILES string of the molecule is CC(CN(C)C(=O)NCCOCCN(C)C)C(=O)O. The van der Waals surface area contributed by atoms with Crippen LogP contribution in [0.1, 0.15) is 6.92 Å². The van der Waals surface area contributed by atoms with E-state index in [9.17, 15) is 9.59 Å². The van der Waals surface area contributed by atoms with Crippen molar-refractivity contribution < 1.29 is 19.4 Å². The van der Waals surface area contributed by atoms with Gasteiger partial charge in [0.2, 0.25) is 0 Å². The first-order valence-electron chi connectivity index (χ1n) is 6.28. The van der Waals surface area contributed by atoms with Crippen molar-refractivity contribution in [1.82, 2.24) is 15.1 Å². The molecule has 0 aromatic rings. The second-order valence-corrected chi connectivity index (χ2v) is 4.77. The number of hydrogen-bond donors (Lipinski definition) is 2. The summed E-state index contributed by atoms with van der Waals surface area (Å²) >= 11 is 0. The molecule has 0 aromatic heterocycles. The number of likely N-dealkylation sites (N-methyl/N-ethyl adjacent to an activating group) is 1. The van der Waals surface area contributed by atoms with Gasteiger partial charge < -0.3 is 25.0 Å². The molecule has 0 saturated carbocycles. The Morgan fingerprint density at radius 2 is 1.89 bits per heavy atom. The number of urea groups is 1. The van der Waals surface area contributed by atoms with Gasteiger partial charge in [0, 0.05) is 26.7 Å². The third kappa shape index (κ3) is 9.26. The largest absolute Gasteiger partial charge is 0.481 e. The van der Waals surface area contributed by atoms with E-state index >= 15 is 0 Å². The minimum atomic E-state index is -0.910. The van der Waals surface area contributed by atoms with E-state index in [1.54, 1.807) is 14.0 Å². The van der Waals surface area contributed by atoms with Crippen molar-refractivity contribution in [2.24, 2.45) is 5.92 Å². The highest BCUT2D eigenvalue weighted by molar-refractivity contribution is 5.75. The number of amides is 2. The van der Waals surface area contributed by atoms with E-state index in [-0.39, 0.29) is 12.6 Å². The zero-order valence-corrected chi connectivity index (χ0v) is 12.2. The van der Waals surface area contributed by atoms with Gasteiger partial charge in [-0.25, -0.2) is 4.79 Å². The molecule has 7 nitrogen and oxygen atoms in total. The van der Waals surface area contributed by atoms with Crippen molar-refractivity contribution in [3.8, 4) is 0 Å². The van der Waals surface area contributed by atoms with Crippen LogP contribution in [0.2, 0.25) is 0 Å². The topological polar surface area (TPSA) is 82.1 Å². The molecule has 0 rings (SSSR count). The lowest BCUT2D eigenvalue weighted by Gasteiger charge is -2.20. The number of aliphatic carboxylic acids is 1. The third-order valence-electron chi connectivity index (χ3n) is 2.52. The molecule has 0 heterocycles. The highest BCUT2D eigenvalue weighted by Gasteiger charge is 2.16. The van der Waals surface area contributed by atoms with Crippen LogP contribution in [0.15, 0.2) is 0 Å². The molecule has 1 unspecified atom stereocenters. The zero-order valence-electron chi connectivity index (χ0n) is 12.2. The first-order chi connectivity index (χ1) is 8.84. The van der Waals surface area contributed by atoms with Crippen molar-refractivity contribution in [1.29, 1.82) is 0 Å². The monoisotopic (exact) mass is 275 g/mol. The number of carboxylic acids is 1. The predicted octanol–water partition coefficient (Wildman–Crippen LogP) is -0.0733. The third-order valence-corrected chi connectivity index (χ3v) is 2.52. The summed E-state index contributed by atoms with van der Waals surface area (Å²) in [7, 11) is 5.50. The van der Waals surface area contributed by atoms with E-state index in [4.69, 9.17) is 9.84 Å². The van der Waals surface area contributed by atoms with Gasteiger partial charge in [-0.05, 0) is 14.1 Å². The molecular weight excluding hydrogens is 250 g/mol. The first kappa shape index (κ1) is 17.7. The summed E-state index contributed by atoms with van der Waals surface area (Å²) in [4.78, 5) is 25.6. The highest BCUT2D eigenvalue weighted by Crippen LogP contribution is 1.98. The maximum Gasteiger partial charge on any atom is 0.317 e. The minimum Gasteiger partial charge on any atom is -0.481 e. The van der Waals surface area contributed by atoms with E-state index in [0.717, 1.165) is 6.54 Å². The van der Waals surface area contributed by atoms with Crippen molar-refractivity contribution in [3.05, 3.63) is 0 Å². The van der Waals surface area contributed by atoms with Crippen LogP contribution in [0.25, 0.3) is 0 Å². The van der Waals surface area contributed by atoms with Gasteiger partial charge in [0.15, 0.2) is 0 Å². The van der Waals surface area contributed by atoms with E-state index in [0.29, 0.717) is 19.8 Å². The fourth-order valence-corrected chi connectivity index (χ4v) is 1.29. The summed E-state index contributed by atoms with van der Waals surface area (Å²) in [5, 5.41) is 11.4. The summed E-state index contributed by atoms with van der Waals surface area (Å²) in [6.45, 7) is 4.07. The highest BCUT2D eigenvalue weighted by atomic mass is 16.5. The van der Waals surface area contributed by atoms with Crippen LogP contribution in [-0.2, 0) is 9.53 Å². The second kappa shape index (κ2) is 9.57. The Hall–Kier alpha value is -1.34. The summed E-state index contributed by atoms with van der Waals surface area (Å²) < 4.78 is 5.32. The maximum atomic E-state index is 11.6. The van der Waals surface area contributed by atoms with Crippen molar-refractivity contribution in [2.75, 3.05) is 54.0 Å². The average Bonchev–Trinajstić information content (AvgIpc) is 2.32. The number of carbonyl (C=O) groups excluding carboxylic acids is 1. The molecule has 112 valence electrons. The van der Waals surface area contributed by atoms with Crippen LogP contribution < -0.4 is 5.32 Å². The van der Waals surface area contributed by atoms with Crippen LogP contribution in [0.5, 0.6) is 0 Å². The van der Waals surface area contributed by atoms with Crippen LogP contribution in [-0.4, -0.2) is 80.9 Å². The van der Waals surface area contributed by atoms with Gasteiger partial charge in [-0.2, -0.15) is 0 Å². The van der Waals surface area contributed by atoms with E-state index in [1.807, 2.05) is 19.0 Å². The standard InChI is InChI=1S/C12H25N3O4/c1-10(11(16)17)9-15(4)12(18)13-5-7-19-8-6-14(2)3/h10H,5-9H2,1-4H3,(H,13,18)(H,16,17). The van der Waals surface area contributed by atoms with Gasteiger partial charge in [-0.15, -0.1) is 0 Å². The lowest BCUT2D eigenvalue weighted by molar-refractivity contribution is -0.141.